The van der Waals surface area contributed by atoms with Crippen LogP contribution < -0.4 is 5.32 Å². The number of hydrogen-bond donors (Lipinski definition) is 2. The highest BCUT2D eigenvalue weighted by atomic mass is 16.3. The minimum atomic E-state index is -0.489. The van der Waals surface area contributed by atoms with E-state index in [1.165, 1.54) is 17.5 Å². The van der Waals surface area contributed by atoms with Gasteiger partial charge in [0.05, 0.1) is 5.60 Å². The standard InChI is InChI=1S/C15H23NO/c1-12-6-7-14(10-13(12)2)16-11-15(17)8-4-3-5-9-15/h6-7,10,16-17H,3-5,8-9,11H2,1-2H3. The average Bonchev–Trinajstić information content (AvgIpc) is 2.32. The first-order valence-corrected chi connectivity index (χ1v) is 6.63. The number of benzene rings is 1. The summed E-state index contributed by atoms with van der Waals surface area (Å²) in [5.41, 5.74) is 3.24. The van der Waals surface area contributed by atoms with E-state index in [2.05, 4.69) is 37.4 Å². The Bertz CT molecular complexity index is 381. The first-order chi connectivity index (χ1) is 8.09. The molecule has 0 spiro atoms. The van der Waals surface area contributed by atoms with Gasteiger partial charge in [-0.2, -0.15) is 0 Å². The Labute approximate surface area is 104 Å². The van der Waals surface area contributed by atoms with Crippen molar-refractivity contribution in [2.45, 2.75) is 51.6 Å². The second-order valence-corrected chi connectivity index (χ2v) is 5.44. The molecule has 17 heavy (non-hydrogen) atoms. The molecule has 2 nitrogen and oxygen atoms in total. The van der Waals surface area contributed by atoms with E-state index in [1.54, 1.807) is 0 Å². The lowest BCUT2D eigenvalue weighted by Crippen LogP contribution is -2.38. The first kappa shape index (κ1) is 12.4. The van der Waals surface area contributed by atoms with Crippen LogP contribution in [0.2, 0.25) is 0 Å². The van der Waals surface area contributed by atoms with E-state index >= 15 is 0 Å². The van der Waals surface area contributed by atoms with Crippen molar-refractivity contribution < 1.29 is 5.11 Å². The molecule has 0 bridgehead atoms. The van der Waals surface area contributed by atoms with Gasteiger partial charge in [0.25, 0.3) is 0 Å². The molecule has 0 heterocycles. The zero-order valence-corrected chi connectivity index (χ0v) is 10.9. The quantitative estimate of drug-likeness (QED) is 0.838. The average molecular weight is 233 g/mol. The molecule has 0 atom stereocenters. The molecule has 0 saturated heterocycles. The Balaban J connectivity index is 1.94. The van der Waals surface area contributed by atoms with Gasteiger partial charge in [0, 0.05) is 12.2 Å². The third-order valence-electron chi connectivity index (χ3n) is 3.91. The Hall–Kier alpha value is -1.02. The number of aliphatic hydroxyl groups is 1. The lowest BCUT2D eigenvalue weighted by atomic mass is 9.85. The molecular weight excluding hydrogens is 210 g/mol. The van der Waals surface area contributed by atoms with E-state index in [-0.39, 0.29) is 0 Å². The lowest BCUT2D eigenvalue weighted by molar-refractivity contribution is 0.0167. The minimum absolute atomic E-state index is 0.489. The van der Waals surface area contributed by atoms with Gasteiger partial charge in [0.1, 0.15) is 0 Å². The topological polar surface area (TPSA) is 32.3 Å². The third-order valence-corrected chi connectivity index (χ3v) is 3.91. The van der Waals surface area contributed by atoms with Crippen LogP contribution in [-0.4, -0.2) is 17.3 Å². The van der Waals surface area contributed by atoms with Crippen molar-refractivity contribution in [3.05, 3.63) is 29.3 Å². The Morgan fingerprint density at radius 2 is 1.82 bits per heavy atom. The van der Waals surface area contributed by atoms with Gasteiger partial charge in [0.15, 0.2) is 0 Å². The summed E-state index contributed by atoms with van der Waals surface area (Å²) in [5.74, 6) is 0. The summed E-state index contributed by atoms with van der Waals surface area (Å²) in [5, 5.41) is 13.8. The van der Waals surface area contributed by atoms with E-state index in [4.69, 9.17) is 0 Å². The molecule has 0 aromatic heterocycles. The zero-order chi connectivity index (χ0) is 12.3. The van der Waals surface area contributed by atoms with E-state index in [0.29, 0.717) is 6.54 Å². The Kier molecular flexibility index (Phi) is 3.72. The molecule has 0 radical (unpaired) electrons. The molecule has 2 rings (SSSR count). The second-order valence-electron chi connectivity index (χ2n) is 5.44. The predicted molar refractivity (Wildman–Crippen MR) is 72.4 cm³/mol. The van der Waals surface area contributed by atoms with Crippen LogP contribution in [0.5, 0.6) is 0 Å². The molecule has 0 aliphatic heterocycles. The SMILES string of the molecule is Cc1ccc(NCC2(O)CCCCC2)cc1C. The van der Waals surface area contributed by atoms with Crippen molar-refractivity contribution in [3.63, 3.8) is 0 Å². The Morgan fingerprint density at radius 3 is 2.47 bits per heavy atom. The molecule has 1 saturated carbocycles. The molecule has 0 unspecified atom stereocenters. The smallest absolute Gasteiger partial charge is 0.0819 e. The number of nitrogens with one attached hydrogen (secondary N) is 1. The maximum absolute atomic E-state index is 10.4. The fraction of sp³-hybridized carbons (Fsp3) is 0.600. The molecule has 0 amide bonds. The van der Waals surface area contributed by atoms with Crippen molar-refractivity contribution >= 4 is 5.69 Å². The van der Waals surface area contributed by atoms with Crippen LogP contribution >= 0.6 is 0 Å². The monoisotopic (exact) mass is 233 g/mol. The van der Waals surface area contributed by atoms with Gasteiger partial charge < -0.3 is 10.4 Å². The van der Waals surface area contributed by atoms with E-state index in [9.17, 15) is 5.11 Å². The van der Waals surface area contributed by atoms with Crippen molar-refractivity contribution in [2.75, 3.05) is 11.9 Å². The predicted octanol–water partition coefficient (Wildman–Crippen LogP) is 3.41. The van der Waals surface area contributed by atoms with Crippen LogP contribution in [0.25, 0.3) is 0 Å². The van der Waals surface area contributed by atoms with Crippen molar-refractivity contribution in [1.82, 2.24) is 0 Å². The van der Waals surface area contributed by atoms with E-state index in [0.717, 1.165) is 31.4 Å². The van der Waals surface area contributed by atoms with Crippen LogP contribution in [0.4, 0.5) is 5.69 Å². The number of rotatable bonds is 3. The summed E-state index contributed by atoms with van der Waals surface area (Å²) in [4.78, 5) is 0. The summed E-state index contributed by atoms with van der Waals surface area (Å²) in [6.45, 7) is 4.92. The van der Waals surface area contributed by atoms with Gasteiger partial charge in [-0.1, -0.05) is 25.3 Å². The number of hydrogen-bond acceptors (Lipinski definition) is 2. The maximum atomic E-state index is 10.4. The van der Waals surface area contributed by atoms with Gasteiger partial charge in [-0.25, -0.2) is 0 Å². The zero-order valence-electron chi connectivity index (χ0n) is 10.9. The summed E-state index contributed by atoms with van der Waals surface area (Å²) in [7, 11) is 0. The lowest BCUT2D eigenvalue weighted by Gasteiger charge is -2.32. The summed E-state index contributed by atoms with van der Waals surface area (Å²) >= 11 is 0. The molecule has 2 N–H and O–H groups in total. The minimum Gasteiger partial charge on any atom is -0.388 e. The highest BCUT2D eigenvalue weighted by molar-refractivity contribution is 5.48. The molecular formula is C15H23NO. The molecule has 1 aromatic rings. The summed E-state index contributed by atoms with van der Waals surface area (Å²) in [6, 6.07) is 6.37. The Morgan fingerprint density at radius 1 is 1.12 bits per heavy atom. The van der Waals surface area contributed by atoms with Crippen LogP contribution in [0.3, 0.4) is 0 Å². The number of aryl methyl sites for hydroxylation is 2. The summed E-state index contributed by atoms with van der Waals surface area (Å²) < 4.78 is 0. The number of anilines is 1. The second kappa shape index (κ2) is 5.09. The highest BCUT2D eigenvalue weighted by Gasteiger charge is 2.28. The van der Waals surface area contributed by atoms with Crippen LogP contribution in [0, 0.1) is 13.8 Å². The summed E-state index contributed by atoms with van der Waals surface area (Å²) in [6.07, 6.45) is 5.46. The maximum Gasteiger partial charge on any atom is 0.0819 e. The van der Waals surface area contributed by atoms with Crippen molar-refractivity contribution in [3.8, 4) is 0 Å². The van der Waals surface area contributed by atoms with Gasteiger partial charge in [-0.15, -0.1) is 0 Å². The molecule has 1 fully saturated rings. The van der Waals surface area contributed by atoms with Crippen molar-refractivity contribution in [1.29, 1.82) is 0 Å². The normalized spacial score (nSPS) is 19.0. The molecule has 2 heteroatoms. The van der Waals surface area contributed by atoms with Gasteiger partial charge in [0.2, 0.25) is 0 Å². The van der Waals surface area contributed by atoms with Crippen LogP contribution in [0.15, 0.2) is 18.2 Å². The molecule has 94 valence electrons. The van der Waals surface area contributed by atoms with E-state index in [1.807, 2.05) is 0 Å². The largest absolute Gasteiger partial charge is 0.388 e. The van der Waals surface area contributed by atoms with Gasteiger partial charge >= 0.3 is 0 Å². The first-order valence-electron chi connectivity index (χ1n) is 6.63. The van der Waals surface area contributed by atoms with Crippen LogP contribution in [-0.2, 0) is 0 Å². The fourth-order valence-electron chi connectivity index (χ4n) is 2.50. The van der Waals surface area contributed by atoms with Crippen LogP contribution in [0.1, 0.15) is 43.2 Å². The van der Waals surface area contributed by atoms with Gasteiger partial charge in [-0.3, -0.25) is 0 Å². The van der Waals surface area contributed by atoms with E-state index < -0.39 is 5.60 Å². The third kappa shape index (κ3) is 3.22. The molecule has 1 aromatic carbocycles. The van der Waals surface area contributed by atoms with Gasteiger partial charge in [-0.05, 0) is 49.9 Å². The molecule has 1 aliphatic carbocycles. The fourth-order valence-corrected chi connectivity index (χ4v) is 2.50. The molecule has 1 aliphatic rings. The highest BCUT2D eigenvalue weighted by Crippen LogP contribution is 2.28. The van der Waals surface area contributed by atoms with Crippen molar-refractivity contribution in [2.24, 2.45) is 0 Å².